The third kappa shape index (κ3) is 3.28. The number of nitrogens with two attached hydrogens (primary N) is 1. The summed E-state index contributed by atoms with van der Waals surface area (Å²) in [6.07, 6.45) is 0. The lowest BCUT2D eigenvalue weighted by atomic mass is 10.1. The van der Waals surface area contributed by atoms with Gasteiger partial charge in [0.1, 0.15) is 4.88 Å². The Morgan fingerprint density at radius 3 is 2.57 bits per heavy atom. The number of hydrogen-bond donors (Lipinski definition) is 2. The van der Waals surface area contributed by atoms with Crippen LogP contribution in [0.2, 0.25) is 0 Å². The van der Waals surface area contributed by atoms with E-state index in [1.165, 1.54) is 11.3 Å². The minimum Gasteiger partial charge on any atom is -0.366 e. The molecule has 0 saturated heterocycles. The molecule has 2 rings (SSSR count). The Kier molecular flexibility index (Phi) is 4.37. The summed E-state index contributed by atoms with van der Waals surface area (Å²) in [6.45, 7) is 5.84. The second kappa shape index (κ2) is 6.05. The quantitative estimate of drug-likeness (QED) is 0.910. The number of amides is 2. The molecule has 6 heteroatoms. The van der Waals surface area contributed by atoms with Crippen molar-refractivity contribution in [3.8, 4) is 0 Å². The normalized spacial score (nSPS) is 10.7. The molecule has 0 unspecified atom stereocenters. The summed E-state index contributed by atoms with van der Waals surface area (Å²) in [7, 11) is 0. The molecule has 1 aromatic heterocycles. The molecule has 0 radical (unpaired) electrons. The molecular formula is C15H17N3O2S. The lowest BCUT2D eigenvalue weighted by Gasteiger charge is -2.09. The molecule has 1 heterocycles. The molecule has 0 aliphatic rings. The highest BCUT2D eigenvalue weighted by Crippen LogP contribution is 2.26. The number of thiazole rings is 1. The van der Waals surface area contributed by atoms with E-state index in [1.807, 2.05) is 20.8 Å². The first kappa shape index (κ1) is 15.2. The van der Waals surface area contributed by atoms with Crippen LogP contribution in [0.5, 0.6) is 0 Å². The number of benzene rings is 1. The average molecular weight is 303 g/mol. The number of nitrogens with zero attached hydrogens (tertiary/aromatic N) is 1. The zero-order valence-corrected chi connectivity index (χ0v) is 13.0. The molecule has 0 aliphatic heterocycles. The molecule has 110 valence electrons. The Morgan fingerprint density at radius 2 is 1.95 bits per heavy atom. The average Bonchev–Trinajstić information content (AvgIpc) is 2.81. The number of carbonyl (C=O) groups excluding carboxylic acids is 2. The van der Waals surface area contributed by atoms with Crippen LogP contribution in [0.4, 0.5) is 5.69 Å². The van der Waals surface area contributed by atoms with E-state index < -0.39 is 5.91 Å². The van der Waals surface area contributed by atoms with Crippen LogP contribution in [-0.2, 0) is 0 Å². The van der Waals surface area contributed by atoms with E-state index >= 15 is 0 Å². The summed E-state index contributed by atoms with van der Waals surface area (Å²) in [5, 5.41) is 3.59. The number of rotatable bonds is 4. The first-order chi connectivity index (χ1) is 9.90. The van der Waals surface area contributed by atoms with Crippen molar-refractivity contribution in [3.63, 3.8) is 0 Å². The van der Waals surface area contributed by atoms with E-state index in [0.29, 0.717) is 10.6 Å². The molecule has 3 N–H and O–H groups in total. The smallest absolute Gasteiger partial charge is 0.267 e. The Hall–Kier alpha value is -2.21. The van der Waals surface area contributed by atoms with Gasteiger partial charge in [-0.25, -0.2) is 4.98 Å². The van der Waals surface area contributed by atoms with Crippen LogP contribution >= 0.6 is 11.3 Å². The van der Waals surface area contributed by atoms with E-state index in [-0.39, 0.29) is 17.4 Å². The van der Waals surface area contributed by atoms with Gasteiger partial charge in [0.2, 0.25) is 0 Å². The Labute approximate surface area is 127 Å². The summed E-state index contributed by atoms with van der Waals surface area (Å²) < 4.78 is 0. The lowest BCUT2D eigenvalue weighted by molar-refractivity contribution is 0.100. The molecular weight excluding hydrogens is 286 g/mol. The van der Waals surface area contributed by atoms with Crippen LogP contribution in [0.25, 0.3) is 0 Å². The molecule has 0 saturated carbocycles. The van der Waals surface area contributed by atoms with Gasteiger partial charge in [0.25, 0.3) is 11.8 Å². The number of carbonyl (C=O) groups is 2. The molecule has 0 fully saturated rings. The van der Waals surface area contributed by atoms with Crippen molar-refractivity contribution in [2.45, 2.75) is 26.7 Å². The van der Waals surface area contributed by atoms with Crippen LogP contribution < -0.4 is 11.1 Å². The monoisotopic (exact) mass is 303 g/mol. The maximum Gasteiger partial charge on any atom is 0.267 e. The Bertz CT molecular complexity index is 692. The molecule has 0 aliphatic carbocycles. The van der Waals surface area contributed by atoms with E-state index in [1.54, 1.807) is 24.3 Å². The van der Waals surface area contributed by atoms with E-state index in [4.69, 9.17) is 5.73 Å². The summed E-state index contributed by atoms with van der Waals surface area (Å²) >= 11 is 1.34. The number of anilines is 1. The molecule has 0 atom stereocenters. The van der Waals surface area contributed by atoms with Gasteiger partial charge in [-0.3, -0.25) is 9.59 Å². The van der Waals surface area contributed by atoms with Gasteiger partial charge >= 0.3 is 0 Å². The molecule has 0 spiro atoms. The van der Waals surface area contributed by atoms with Crippen molar-refractivity contribution >= 4 is 28.8 Å². The number of hydrogen-bond acceptors (Lipinski definition) is 4. The third-order valence-electron chi connectivity index (χ3n) is 2.95. The van der Waals surface area contributed by atoms with E-state index in [9.17, 15) is 9.59 Å². The topological polar surface area (TPSA) is 85.1 Å². The van der Waals surface area contributed by atoms with Crippen LogP contribution in [0.1, 0.15) is 50.5 Å². The van der Waals surface area contributed by atoms with Gasteiger partial charge in [0.05, 0.1) is 22.0 Å². The maximum absolute atomic E-state index is 12.4. The fourth-order valence-corrected chi connectivity index (χ4v) is 2.95. The number of aryl methyl sites for hydroxylation is 1. The first-order valence-electron chi connectivity index (χ1n) is 6.57. The van der Waals surface area contributed by atoms with Crippen molar-refractivity contribution in [1.29, 1.82) is 0 Å². The summed E-state index contributed by atoms with van der Waals surface area (Å²) in [5.41, 5.74) is 6.78. The van der Waals surface area contributed by atoms with Gasteiger partial charge in [-0.15, -0.1) is 11.3 Å². The van der Waals surface area contributed by atoms with Crippen molar-refractivity contribution in [2.24, 2.45) is 5.73 Å². The summed E-state index contributed by atoms with van der Waals surface area (Å²) in [5.74, 6) is -0.685. The lowest BCUT2D eigenvalue weighted by Crippen LogP contribution is -2.18. The summed E-state index contributed by atoms with van der Waals surface area (Å²) in [4.78, 5) is 28.8. The minimum absolute atomic E-state index is 0.155. The zero-order chi connectivity index (χ0) is 15.6. The highest BCUT2D eigenvalue weighted by molar-refractivity contribution is 7.13. The fraction of sp³-hybridized carbons (Fsp3) is 0.267. The highest BCUT2D eigenvalue weighted by atomic mass is 32.1. The molecule has 1 aromatic carbocycles. The van der Waals surface area contributed by atoms with Gasteiger partial charge in [-0.1, -0.05) is 26.0 Å². The summed E-state index contributed by atoms with van der Waals surface area (Å²) in [6, 6.07) is 6.68. The first-order valence-corrected chi connectivity index (χ1v) is 7.39. The number of para-hydroxylation sites is 1. The zero-order valence-electron chi connectivity index (χ0n) is 12.1. The largest absolute Gasteiger partial charge is 0.366 e. The van der Waals surface area contributed by atoms with Crippen molar-refractivity contribution < 1.29 is 9.59 Å². The fourth-order valence-electron chi connectivity index (χ4n) is 1.98. The van der Waals surface area contributed by atoms with Gasteiger partial charge in [-0.05, 0) is 25.0 Å². The van der Waals surface area contributed by atoms with E-state index in [2.05, 4.69) is 10.3 Å². The van der Waals surface area contributed by atoms with Gasteiger partial charge < -0.3 is 11.1 Å². The molecule has 5 nitrogen and oxygen atoms in total. The Balaban J connectivity index is 2.33. The number of primary amides is 1. The standard InChI is InChI=1S/C15H17N3O2S/c1-8(2)12-13(21-9(3)17-12)15(20)18-11-7-5-4-6-10(11)14(16)19/h4-8H,1-3H3,(H2,16,19)(H,18,20). The maximum atomic E-state index is 12.4. The highest BCUT2D eigenvalue weighted by Gasteiger charge is 2.20. The molecule has 2 amide bonds. The molecule has 2 aromatic rings. The van der Waals surface area contributed by atoms with Gasteiger partial charge in [0, 0.05) is 0 Å². The predicted molar refractivity (Wildman–Crippen MR) is 83.9 cm³/mol. The van der Waals surface area contributed by atoms with Crippen LogP contribution in [0.3, 0.4) is 0 Å². The van der Waals surface area contributed by atoms with Crippen molar-refractivity contribution in [2.75, 3.05) is 5.32 Å². The molecule has 21 heavy (non-hydrogen) atoms. The van der Waals surface area contributed by atoms with Crippen molar-refractivity contribution in [3.05, 3.63) is 45.4 Å². The van der Waals surface area contributed by atoms with E-state index in [0.717, 1.165) is 10.7 Å². The number of nitrogens with one attached hydrogen (secondary N) is 1. The minimum atomic E-state index is -0.574. The third-order valence-corrected chi connectivity index (χ3v) is 3.94. The van der Waals surface area contributed by atoms with Crippen molar-refractivity contribution in [1.82, 2.24) is 4.98 Å². The van der Waals surface area contributed by atoms with Crippen LogP contribution in [-0.4, -0.2) is 16.8 Å². The predicted octanol–water partition coefficient (Wildman–Crippen LogP) is 2.93. The van der Waals surface area contributed by atoms with Crippen LogP contribution in [0.15, 0.2) is 24.3 Å². The second-order valence-corrected chi connectivity index (χ2v) is 6.17. The number of aromatic nitrogens is 1. The SMILES string of the molecule is Cc1nc(C(C)C)c(C(=O)Nc2ccccc2C(N)=O)s1. The Morgan fingerprint density at radius 1 is 1.29 bits per heavy atom. The van der Waals surface area contributed by atoms with Crippen LogP contribution in [0, 0.1) is 6.92 Å². The van der Waals surface area contributed by atoms with Gasteiger partial charge in [-0.2, -0.15) is 0 Å². The molecule has 0 bridgehead atoms. The van der Waals surface area contributed by atoms with Gasteiger partial charge in [0.15, 0.2) is 0 Å². The second-order valence-electron chi connectivity index (χ2n) is 4.97.